The fourth-order valence-corrected chi connectivity index (χ4v) is 4.55. The van der Waals surface area contributed by atoms with Crippen LogP contribution in [0.1, 0.15) is 17.7 Å². The number of aryl methyl sites for hydroxylation is 2. The minimum atomic E-state index is -0.0124. The molecule has 0 bridgehead atoms. The molecule has 0 unspecified atom stereocenters. The molecule has 5 rings (SSSR count). The van der Waals surface area contributed by atoms with E-state index >= 15 is 0 Å². The summed E-state index contributed by atoms with van der Waals surface area (Å²) in [4.78, 5) is 30.7. The summed E-state index contributed by atoms with van der Waals surface area (Å²) >= 11 is 1.49. The molecular weight excluding hydrogens is 370 g/mol. The predicted octanol–water partition coefficient (Wildman–Crippen LogP) is 3.75. The van der Waals surface area contributed by atoms with E-state index in [0.717, 1.165) is 45.9 Å². The fourth-order valence-electron chi connectivity index (χ4n) is 3.74. The molecule has 0 amide bonds. The highest BCUT2D eigenvalue weighted by Gasteiger charge is 2.23. The number of hydrogen-bond acceptors (Lipinski definition) is 6. The van der Waals surface area contributed by atoms with Gasteiger partial charge in [-0.15, -0.1) is 11.3 Å². The van der Waals surface area contributed by atoms with E-state index in [9.17, 15) is 4.79 Å². The Hall–Kier alpha value is -3.19. The van der Waals surface area contributed by atoms with E-state index in [2.05, 4.69) is 19.9 Å². The topological polar surface area (TPSA) is 73.6 Å². The molecule has 138 valence electrons. The normalized spacial score (nSPS) is 12.9. The van der Waals surface area contributed by atoms with E-state index in [-0.39, 0.29) is 5.56 Å². The van der Waals surface area contributed by atoms with Gasteiger partial charge in [-0.05, 0) is 37.5 Å². The zero-order valence-electron chi connectivity index (χ0n) is 15.3. The summed E-state index contributed by atoms with van der Waals surface area (Å²) in [6.07, 6.45) is 10.6. The molecule has 4 aromatic heterocycles. The van der Waals surface area contributed by atoms with Gasteiger partial charge in [-0.2, -0.15) is 0 Å². The Kier molecular flexibility index (Phi) is 4.09. The highest BCUT2D eigenvalue weighted by Crippen LogP contribution is 2.37. The Morgan fingerprint density at radius 1 is 1.07 bits per heavy atom. The average Bonchev–Trinajstić information content (AvgIpc) is 3.06. The lowest BCUT2D eigenvalue weighted by Crippen LogP contribution is -2.24. The molecule has 1 aliphatic rings. The number of pyridine rings is 2. The van der Waals surface area contributed by atoms with Crippen LogP contribution < -0.4 is 5.56 Å². The zero-order valence-corrected chi connectivity index (χ0v) is 16.1. The molecule has 0 saturated carbocycles. The molecule has 28 heavy (non-hydrogen) atoms. The largest absolute Gasteiger partial charge is 0.307 e. The van der Waals surface area contributed by atoms with Crippen LogP contribution in [0.2, 0.25) is 0 Å². The van der Waals surface area contributed by atoms with E-state index in [4.69, 9.17) is 0 Å². The molecule has 0 fully saturated rings. The van der Waals surface area contributed by atoms with Crippen molar-refractivity contribution in [3.63, 3.8) is 0 Å². The summed E-state index contributed by atoms with van der Waals surface area (Å²) in [6, 6.07) is 3.98. The molecule has 6 nitrogen and oxygen atoms in total. The molecule has 1 aliphatic heterocycles. The van der Waals surface area contributed by atoms with E-state index in [0.29, 0.717) is 12.1 Å². The molecule has 0 atom stereocenters. The number of hydrogen-bond donors (Lipinski definition) is 0. The zero-order chi connectivity index (χ0) is 19.1. The van der Waals surface area contributed by atoms with Crippen LogP contribution in [0, 0.1) is 6.92 Å². The third-order valence-corrected chi connectivity index (χ3v) is 6.00. The maximum atomic E-state index is 13.4. The minimum Gasteiger partial charge on any atom is -0.307 e. The van der Waals surface area contributed by atoms with E-state index < -0.39 is 0 Å². The van der Waals surface area contributed by atoms with Gasteiger partial charge in [0, 0.05) is 59.1 Å². The molecule has 5 heterocycles. The smallest absolute Gasteiger partial charge is 0.261 e. The van der Waals surface area contributed by atoms with Crippen LogP contribution in [-0.4, -0.2) is 24.5 Å². The van der Waals surface area contributed by atoms with Gasteiger partial charge in [0.15, 0.2) is 0 Å². The van der Waals surface area contributed by atoms with Crippen molar-refractivity contribution in [3.8, 4) is 33.0 Å². The van der Waals surface area contributed by atoms with Gasteiger partial charge in [-0.25, -0.2) is 15.0 Å². The maximum absolute atomic E-state index is 13.4. The summed E-state index contributed by atoms with van der Waals surface area (Å²) in [5.74, 6) is 0. The van der Waals surface area contributed by atoms with Gasteiger partial charge < -0.3 is 4.57 Å². The van der Waals surface area contributed by atoms with Gasteiger partial charge in [-0.3, -0.25) is 9.78 Å². The first-order valence-corrected chi connectivity index (χ1v) is 9.99. The van der Waals surface area contributed by atoms with Crippen molar-refractivity contribution in [1.29, 1.82) is 0 Å². The second-order valence-electron chi connectivity index (χ2n) is 6.83. The Morgan fingerprint density at radius 3 is 2.71 bits per heavy atom. The van der Waals surface area contributed by atoms with Crippen LogP contribution >= 0.6 is 11.3 Å². The third kappa shape index (κ3) is 2.75. The van der Waals surface area contributed by atoms with Crippen molar-refractivity contribution in [2.24, 2.45) is 0 Å². The summed E-state index contributed by atoms with van der Waals surface area (Å²) in [7, 11) is 0. The molecule has 7 heteroatoms. The van der Waals surface area contributed by atoms with Gasteiger partial charge >= 0.3 is 0 Å². The Morgan fingerprint density at radius 2 is 1.93 bits per heavy atom. The Bertz CT molecular complexity index is 1230. The molecule has 0 spiro atoms. The number of nitrogens with zero attached hydrogens (tertiary/aromatic N) is 5. The summed E-state index contributed by atoms with van der Waals surface area (Å²) < 4.78 is 1.88. The molecule has 0 N–H and O–H groups in total. The molecule has 0 aromatic carbocycles. The van der Waals surface area contributed by atoms with Crippen molar-refractivity contribution < 1.29 is 0 Å². The van der Waals surface area contributed by atoms with E-state index in [1.807, 2.05) is 41.4 Å². The van der Waals surface area contributed by atoms with Crippen molar-refractivity contribution in [2.45, 2.75) is 26.3 Å². The average molecular weight is 387 g/mol. The van der Waals surface area contributed by atoms with Crippen LogP contribution in [0.4, 0.5) is 0 Å². The van der Waals surface area contributed by atoms with Crippen molar-refractivity contribution in [3.05, 3.63) is 70.2 Å². The van der Waals surface area contributed by atoms with Gasteiger partial charge in [0.2, 0.25) is 0 Å². The van der Waals surface area contributed by atoms with Crippen molar-refractivity contribution in [1.82, 2.24) is 24.5 Å². The standard InChI is InChI=1S/C21H17N5OS/c1-13-11-28-20(25-13)17-7-16(15-8-23-12-24-9-15)19-18-10-22-5-4-14(18)3-2-6-26(19)21(17)27/h4-5,7-12H,2-3,6H2,1H3. The summed E-state index contributed by atoms with van der Waals surface area (Å²) in [6.45, 7) is 2.59. The SMILES string of the molecule is Cc1csc(-c2cc(-c3cncnc3)c3n(c2=O)CCCc2ccncc2-3)n1. The lowest BCUT2D eigenvalue weighted by atomic mass is 9.97. The lowest BCUT2D eigenvalue weighted by Gasteiger charge is -2.17. The van der Waals surface area contributed by atoms with Crippen molar-refractivity contribution >= 4 is 11.3 Å². The predicted molar refractivity (Wildman–Crippen MR) is 109 cm³/mol. The second kappa shape index (κ2) is 6.76. The third-order valence-electron chi connectivity index (χ3n) is 5.00. The second-order valence-corrected chi connectivity index (χ2v) is 7.69. The maximum Gasteiger partial charge on any atom is 0.261 e. The fraction of sp³-hybridized carbons (Fsp3) is 0.190. The molecule has 0 aliphatic carbocycles. The van der Waals surface area contributed by atoms with Gasteiger partial charge in [0.1, 0.15) is 11.3 Å². The number of rotatable bonds is 2. The molecular formula is C21H17N5OS. The highest BCUT2D eigenvalue weighted by atomic mass is 32.1. The van der Waals surface area contributed by atoms with E-state index in [1.54, 1.807) is 12.4 Å². The minimum absolute atomic E-state index is 0.0124. The van der Waals surface area contributed by atoms with Crippen LogP contribution in [0.25, 0.3) is 33.0 Å². The quantitative estimate of drug-likeness (QED) is 0.524. The molecule has 0 saturated heterocycles. The molecule has 4 aromatic rings. The van der Waals surface area contributed by atoms with E-state index in [1.165, 1.54) is 23.2 Å². The summed E-state index contributed by atoms with van der Waals surface area (Å²) in [5.41, 5.74) is 6.41. The van der Waals surface area contributed by atoms with Crippen LogP contribution in [0.5, 0.6) is 0 Å². The highest BCUT2D eigenvalue weighted by molar-refractivity contribution is 7.13. The van der Waals surface area contributed by atoms with Crippen LogP contribution in [-0.2, 0) is 13.0 Å². The number of aromatic nitrogens is 5. The van der Waals surface area contributed by atoms with Crippen LogP contribution in [0.15, 0.2) is 53.4 Å². The van der Waals surface area contributed by atoms with Gasteiger partial charge in [0.25, 0.3) is 5.56 Å². The Balaban J connectivity index is 1.89. The monoisotopic (exact) mass is 387 g/mol. The first kappa shape index (κ1) is 16.9. The lowest BCUT2D eigenvalue weighted by molar-refractivity contribution is 0.642. The summed E-state index contributed by atoms with van der Waals surface area (Å²) in [5, 5.41) is 2.71. The first-order chi connectivity index (χ1) is 13.7. The first-order valence-electron chi connectivity index (χ1n) is 9.11. The molecule has 0 radical (unpaired) electrons. The number of fused-ring (bicyclic) bond motifs is 3. The van der Waals surface area contributed by atoms with Gasteiger partial charge in [-0.1, -0.05) is 0 Å². The van der Waals surface area contributed by atoms with Gasteiger partial charge in [0.05, 0.1) is 11.3 Å². The Labute approximate surface area is 165 Å². The van der Waals surface area contributed by atoms with Crippen LogP contribution in [0.3, 0.4) is 0 Å². The number of thiazole rings is 1. The van der Waals surface area contributed by atoms with Crippen molar-refractivity contribution in [2.75, 3.05) is 0 Å².